The fourth-order valence-corrected chi connectivity index (χ4v) is 2.21. The zero-order valence-corrected chi connectivity index (χ0v) is 10.4. The Morgan fingerprint density at radius 1 is 1.33 bits per heavy atom. The van der Waals surface area contributed by atoms with Crippen molar-refractivity contribution in [3.8, 4) is 0 Å². The minimum atomic E-state index is -0.891. The number of nitrogens with one attached hydrogen (secondary N) is 1. The molecule has 1 aliphatic rings. The number of carbonyl (C=O) groups is 1. The molecule has 2 atom stereocenters. The maximum Gasteiger partial charge on any atom is 0.241 e. The van der Waals surface area contributed by atoms with E-state index in [4.69, 9.17) is 0 Å². The van der Waals surface area contributed by atoms with E-state index >= 15 is 0 Å². The SMILES string of the molecule is CCCN1C(=O)C(C)NC1c1ccc(F)c(F)c1. The zero-order valence-electron chi connectivity index (χ0n) is 10.4. The lowest BCUT2D eigenvalue weighted by Crippen LogP contribution is -2.31. The van der Waals surface area contributed by atoms with Crippen LogP contribution in [0.3, 0.4) is 0 Å². The summed E-state index contributed by atoms with van der Waals surface area (Å²) >= 11 is 0. The number of hydrogen-bond donors (Lipinski definition) is 1. The highest BCUT2D eigenvalue weighted by Crippen LogP contribution is 2.26. The van der Waals surface area contributed by atoms with E-state index in [0.29, 0.717) is 12.1 Å². The number of hydrogen-bond acceptors (Lipinski definition) is 2. The van der Waals surface area contributed by atoms with Gasteiger partial charge in [0.15, 0.2) is 11.6 Å². The Hall–Kier alpha value is -1.49. The highest BCUT2D eigenvalue weighted by atomic mass is 19.2. The van der Waals surface area contributed by atoms with E-state index in [1.165, 1.54) is 6.07 Å². The van der Waals surface area contributed by atoms with E-state index in [2.05, 4.69) is 5.32 Å². The smallest absolute Gasteiger partial charge is 0.241 e. The Kier molecular flexibility index (Phi) is 3.61. The molecule has 1 amide bonds. The van der Waals surface area contributed by atoms with Crippen molar-refractivity contribution in [2.75, 3.05) is 6.54 Å². The van der Waals surface area contributed by atoms with Gasteiger partial charge in [-0.25, -0.2) is 8.78 Å². The van der Waals surface area contributed by atoms with Gasteiger partial charge >= 0.3 is 0 Å². The van der Waals surface area contributed by atoms with Gasteiger partial charge in [-0.1, -0.05) is 13.0 Å². The van der Waals surface area contributed by atoms with E-state index in [1.807, 2.05) is 6.92 Å². The lowest BCUT2D eigenvalue weighted by Gasteiger charge is -2.24. The van der Waals surface area contributed by atoms with Crippen LogP contribution < -0.4 is 5.32 Å². The molecule has 1 heterocycles. The van der Waals surface area contributed by atoms with E-state index < -0.39 is 11.6 Å². The van der Waals surface area contributed by atoms with E-state index in [0.717, 1.165) is 18.6 Å². The molecule has 5 heteroatoms. The molecule has 1 fully saturated rings. The van der Waals surface area contributed by atoms with Crippen molar-refractivity contribution >= 4 is 5.91 Å². The zero-order chi connectivity index (χ0) is 13.3. The van der Waals surface area contributed by atoms with Gasteiger partial charge < -0.3 is 4.90 Å². The molecule has 3 nitrogen and oxygen atoms in total. The van der Waals surface area contributed by atoms with Crippen LogP contribution in [-0.2, 0) is 4.79 Å². The van der Waals surface area contributed by atoms with E-state index in [9.17, 15) is 13.6 Å². The number of benzene rings is 1. The molecule has 0 aromatic heterocycles. The quantitative estimate of drug-likeness (QED) is 0.896. The highest BCUT2D eigenvalue weighted by Gasteiger charge is 2.36. The van der Waals surface area contributed by atoms with Gasteiger partial charge in [-0.05, 0) is 31.0 Å². The largest absolute Gasteiger partial charge is 0.322 e. The summed E-state index contributed by atoms with van der Waals surface area (Å²) in [5.74, 6) is -1.78. The fourth-order valence-electron chi connectivity index (χ4n) is 2.21. The lowest BCUT2D eigenvalue weighted by atomic mass is 10.1. The Labute approximate surface area is 105 Å². The molecular weight excluding hydrogens is 238 g/mol. The Morgan fingerprint density at radius 2 is 2.06 bits per heavy atom. The second-order valence-electron chi connectivity index (χ2n) is 4.50. The standard InChI is InChI=1S/C13H16F2N2O/c1-3-6-17-12(16-8(2)13(17)18)9-4-5-10(14)11(15)7-9/h4-5,7-8,12,16H,3,6H2,1-2H3. The molecule has 1 aromatic carbocycles. The summed E-state index contributed by atoms with van der Waals surface area (Å²) in [6, 6.07) is 3.43. The lowest BCUT2D eigenvalue weighted by molar-refractivity contribution is -0.129. The predicted octanol–water partition coefficient (Wildman–Crippen LogP) is 2.19. The Morgan fingerprint density at radius 3 is 2.67 bits per heavy atom. The van der Waals surface area contributed by atoms with Crippen LogP contribution >= 0.6 is 0 Å². The fraction of sp³-hybridized carbons (Fsp3) is 0.462. The van der Waals surface area contributed by atoms with Gasteiger partial charge in [0.2, 0.25) is 5.91 Å². The van der Waals surface area contributed by atoms with Crippen LogP contribution in [-0.4, -0.2) is 23.4 Å². The molecule has 1 N–H and O–H groups in total. The number of nitrogens with zero attached hydrogens (tertiary/aromatic N) is 1. The molecule has 1 saturated heterocycles. The Balaban J connectivity index is 2.30. The topological polar surface area (TPSA) is 32.3 Å². The van der Waals surface area contributed by atoms with Crippen LogP contribution in [0.25, 0.3) is 0 Å². The average molecular weight is 254 g/mol. The van der Waals surface area contributed by atoms with Crippen molar-refractivity contribution in [1.29, 1.82) is 0 Å². The number of halogens is 2. The molecular formula is C13H16F2N2O. The molecule has 98 valence electrons. The summed E-state index contributed by atoms with van der Waals surface area (Å²) in [5, 5.41) is 3.09. The highest BCUT2D eigenvalue weighted by molar-refractivity contribution is 5.84. The summed E-state index contributed by atoms with van der Waals surface area (Å²) in [5.41, 5.74) is 0.569. The van der Waals surface area contributed by atoms with Gasteiger partial charge in [-0.15, -0.1) is 0 Å². The first-order chi connectivity index (χ1) is 8.54. The van der Waals surface area contributed by atoms with Crippen LogP contribution in [0.2, 0.25) is 0 Å². The maximum absolute atomic E-state index is 13.2. The second kappa shape index (κ2) is 5.02. The molecule has 1 aliphatic heterocycles. The molecule has 0 bridgehead atoms. The first-order valence-corrected chi connectivity index (χ1v) is 6.06. The number of rotatable bonds is 3. The average Bonchev–Trinajstić information content (AvgIpc) is 2.61. The molecule has 18 heavy (non-hydrogen) atoms. The molecule has 0 spiro atoms. The van der Waals surface area contributed by atoms with Crippen molar-refractivity contribution < 1.29 is 13.6 Å². The minimum Gasteiger partial charge on any atom is -0.322 e. The van der Waals surface area contributed by atoms with Gasteiger partial charge in [0.1, 0.15) is 6.17 Å². The predicted molar refractivity (Wildman–Crippen MR) is 63.7 cm³/mol. The third-order valence-corrected chi connectivity index (χ3v) is 3.10. The van der Waals surface area contributed by atoms with E-state index in [-0.39, 0.29) is 18.1 Å². The summed E-state index contributed by atoms with van der Waals surface area (Å²) < 4.78 is 26.1. The normalized spacial score (nSPS) is 23.8. The van der Waals surface area contributed by atoms with Gasteiger partial charge in [-0.2, -0.15) is 0 Å². The van der Waals surface area contributed by atoms with Gasteiger partial charge in [0, 0.05) is 6.54 Å². The van der Waals surface area contributed by atoms with Crippen molar-refractivity contribution in [3.05, 3.63) is 35.4 Å². The molecule has 0 radical (unpaired) electrons. The van der Waals surface area contributed by atoms with Crippen LogP contribution in [0.4, 0.5) is 8.78 Å². The molecule has 2 unspecified atom stereocenters. The van der Waals surface area contributed by atoms with Gasteiger partial charge in [-0.3, -0.25) is 10.1 Å². The van der Waals surface area contributed by atoms with Crippen molar-refractivity contribution in [2.24, 2.45) is 0 Å². The second-order valence-corrected chi connectivity index (χ2v) is 4.50. The van der Waals surface area contributed by atoms with Crippen molar-refractivity contribution in [1.82, 2.24) is 10.2 Å². The molecule has 1 aromatic rings. The monoisotopic (exact) mass is 254 g/mol. The molecule has 2 rings (SSSR count). The van der Waals surface area contributed by atoms with Crippen molar-refractivity contribution in [2.45, 2.75) is 32.5 Å². The van der Waals surface area contributed by atoms with Crippen LogP contribution in [0.1, 0.15) is 32.0 Å². The third-order valence-electron chi connectivity index (χ3n) is 3.10. The summed E-state index contributed by atoms with van der Waals surface area (Å²) in [6.07, 6.45) is 0.447. The number of carbonyl (C=O) groups excluding carboxylic acids is 1. The van der Waals surface area contributed by atoms with E-state index in [1.54, 1.807) is 11.8 Å². The minimum absolute atomic E-state index is 0.00779. The van der Waals surface area contributed by atoms with Crippen LogP contribution in [0.15, 0.2) is 18.2 Å². The van der Waals surface area contributed by atoms with Gasteiger partial charge in [0.25, 0.3) is 0 Å². The summed E-state index contributed by atoms with van der Waals surface area (Å²) in [4.78, 5) is 13.6. The van der Waals surface area contributed by atoms with Crippen LogP contribution in [0, 0.1) is 11.6 Å². The molecule has 0 aliphatic carbocycles. The third kappa shape index (κ3) is 2.22. The van der Waals surface area contributed by atoms with Crippen molar-refractivity contribution in [3.63, 3.8) is 0 Å². The summed E-state index contributed by atoms with van der Waals surface area (Å²) in [7, 11) is 0. The van der Waals surface area contributed by atoms with Gasteiger partial charge in [0.05, 0.1) is 6.04 Å². The molecule has 0 saturated carbocycles. The first kappa shape index (κ1) is 13.0. The maximum atomic E-state index is 13.2. The summed E-state index contributed by atoms with van der Waals surface area (Å²) in [6.45, 7) is 4.34. The van der Waals surface area contributed by atoms with Crippen LogP contribution in [0.5, 0.6) is 0 Å². The number of amides is 1. The Bertz CT molecular complexity index is 464. The first-order valence-electron chi connectivity index (χ1n) is 6.06.